The van der Waals surface area contributed by atoms with Crippen LogP contribution < -0.4 is 0 Å². The summed E-state index contributed by atoms with van der Waals surface area (Å²) in [5, 5.41) is 0. The third-order valence-electron chi connectivity index (χ3n) is 2.25. The van der Waals surface area contributed by atoms with Gasteiger partial charge in [-0.25, -0.2) is 4.79 Å². The van der Waals surface area contributed by atoms with Crippen LogP contribution in [0.15, 0.2) is 12.7 Å². The van der Waals surface area contributed by atoms with E-state index >= 15 is 0 Å². The van der Waals surface area contributed by atoms with Gasteiger partial charge in [0.1, 0.15) is 5.60 Å². The third kappa shape index (κ3) is 4.23. The summed E-state index contributed by atoms with van der Waals surface area (Å²) >= 11 is 0. The van der Waals surface area contributed by atoms with Crippen LogP contribution in [-0.2, 0) is 9.47 Å². The molecule has 1 aliphatic rings. The Labute approximate surface area is 97.2 Å². The summed E-state index contributed by atoms with van der Waals surface area (Å²) < 4.78 is 10.8. The van der Waals surface area contributed by atoms with Crippen molar-refractivity contribution >= 4 is 6.09 Å². The molecule has 1 atom stereocenters. The van der Waals surface area contributed by atoms with E-state index in [1.54, 1.807) is 11.0 Å². The van der Waals surface area contributed by atoms with Crippen molar-refractivity contribution in [3.8, 4) is 0 Å². The maximum Gasteiger partial charge on any atom is 0.410 e. The number of amides is 1. The molecule has 1 fully saturated rings. The Bertz CT molecular complexity index is 257. The fraction of sp³-hybridized carbons (Fsp3) is 0.750. The fourth-order valence-corrected chi connectivity index (χ4v) is 1.56. The minimum atomic E-state index is -0.433. The quantitative estimate of drug-likeness (QED) is 0.694. The molecule has 1 heterocycles. The smallest absolute Gasteiger partial charge is 0.410 e. The molecule has 16 heavy (non-hydrogen) atoms. The molecule has 1 saturated heterocycles. The van der Waals surface area contributed by atoms with Gasteiger partial charge in [-0.2, -0.15) is 0 Å². The lowest BCUT2D eigenvalue weighted by Gasteiger charge is -2.24. The van der Waals surface area contributed by atoms with Crippen LogP contribution in [0.25, 0.3) is 0 Å². The average Bonchev–Trinajstić information content (AvgIpc) is 2.60. The Balaban J connectivity index is 2.35. The standard InChI is InChI=1S/C12H21NO3/c1-5-8-15-10-6-7-13(9-10)11(14)16-12(2,3)4/h5,10H,1,6-9H2,2-4H3/t10-/m0/s1. The van der Waals surface area contributed by atoms with Crippen molar-refractivity contribution in [3.63, 3.8) is 0 Å². The van der Waals surface area contributed by atoms with Crippen LogP contribution in [0.5, 0.6) is 0 Å². The lowest BCUT2D eigenvalue weighted by Crippen LogP contribution is -2.36. The van der Waals surface area contributed by atoms with E-state index in [1.807, 2.05) is 20.8 Å². The van der Waals surface area contributed by atoms with Gasteiger partial charge in [0, 0.05) is 6.54 Å². The van der Waals surface area contributed by atoms with E-state index in [1.165, 1.54) is 0 Å². The predicted molar refractivity (Wildman–Crippen MR) is 62.4 cm³/mol. The Morgan fingerprint density at radius 3 is 2.81 bits per heavy atom. The SMILES string of the molecule is C=CCO[C@H]1CCN(C(=O)OC(C)(C)C)C1. The summed E-state index contributed by atoms with van der Waals surface area (Å²) in [6.07, 6.45) is 2.45. The first-order valence-corrected chi connectivity index (χ1v) is 5.63. The van der Waals surface area contributed by atoms with Gasteiger partial charge in [0.15, 0.2) is 0 Å². The Kier molecular flexibility index (Phi) is 4.35. The molecule has 1 aliphatic heterocycles. The molecule has 0 N–H and O–H groups in total. The summed E-state index contributed by atoms with van der Waals surface area (Å²) in [7, 11) is 0. The number of rotatable bonds is 3. The van der Waals surface area contributed by atoms with Crippen LogP contribution in [0.2, 0.25) is 0 Å². The maximum absolute atomic E-state index is 11.7. The van der Waals surface area contributed by atoms with Crippen molar-refractivity contribution in [2.45, 2.75) is 38.9 Å². The number of carbonyl (C=O) groups is 1. The minimum Gasteiger partial charge on any atom is -0.444 e. The van der Waals surface area contributed by atoms with Crippen LogP contribution in [0.3, 0.4) is 0 Å². The highest BCUT2D eigenvalue weighted by molar-refractivity contribution is 5.68. The van der Waals surface area contributed by atoms with Crippen LogP contribution >= 0.6 is 0 Å². The van der Waals surface area contributed by atoms with Gasteiger partial charge >= 0.3 is 6.09 Å². The minimum absolute atomic E-state index is 0.116. The number of nitrogens with zero attached hydrogens (tertiary/aromatic N) is 1. The number of likely N-dealkylation sites (tertiary alicyclic amines) is 1. The highest BCUT2D eigenvalue weighted by atomic mass is 16.6. The normalized spacial score (nSPS) is 20.9. The Morgan fingerprint density at radius 2 is 2.25 bits per heavy atom. The van der Waals surface area contributed by atoms with E-state index in [0.29, 0.717) is 19.7 Å². The number of hydrogen-bond donors (Lipinski definition) is 0. The fourth-order valence-electron chi connectivity index (χ4n) is 1.56. The summed E-state index contributed by atoms with van der Waals surface area (Å²) in [5.74, 6) is 0. The lowest BCUT2D eigenvalue weighted by molar-refractivity contribution is 0.0235. The molecule has 0 saturated carbocycles. The van der Waals surface area contributed by atoms with Crippen LogP contribution in [0, 0.1) is 0 Å². The molecule has 0 radical (unpaired) electrons. The second-order valence-corrected chi connectivity index (χ2v) is 4.96. The van der Waals surface area contributed by atoms with Crippen LogP contribution in [0.1, 0.15) is 27.2 Å². The van der Waals surface area contributed by atoms with Gasteiger partial charge in [-0.15, -0.1) is 6.58 Å². The van der Waals surface area contributed by atoms with E-state index in [2.05, 4.69) is 6.58 Å². The zero-order valence-electron chi connectivity index (χ0n) is 10.4. The number of ether oxygens (including phenoxy) is 2. The Hall–Kier alpha value is -1.03. The first kappa shape index (κ1) is 13.0. The third-order valence-corrected chi connectivity index (χ3v) is 2.25. The molecule has 0 spiro atoms. The highest BCUT2D eigenvalue weighted by Gasteiger charge is 2.29. The van der Waals surface area contributed by atoms with Gasteiger partial charge in [0.25, 0.3) is 0 Å². The first-order valence-electron chi connectivity index (χ1n) is 5.63. The van der Waals surface area contributed by atoms with E-state index in [9.17, 15) is 4.79 Å². The van der Waals surface area contributed by atoms with Gasteiger partial charge in [-0.1, -0.05) is 6.08 Å². The molecular weight excluding hydrogens is 206 g/mol. The highest BCUT2D eigenvalue weighted by Crippen LogP contribution is 2.16. The van der Waals surface area contributed by atoms with E-state index < -0.39 is 5.60 Å². The van der Waals surface area contributed by atoms with E-state index in [0.717, 1.165) is 6.42 Å². The summed E-state index contributed by atoms with van der Waals surface area (Å²) in [4.78, 5) is 13.4. The van der Waals surface area contributed by atoms with E-state index in [4.69, 9.17) is 9.47 Å². The molecule has 0 aliphatic carbocycles. The summed E-state index contributed by atoms with van der Waals surface area (Å²) in [5.41, 5.74) is -0.433. The molecule has 0 aromatic heterocycles. The first-order chi connectivity index (χ1) is 7.42. The van der Waals surface area contributed by atoms with Crippen molar-refractivity contribution in [1.82, 2.24) is 4.90 Å². The predicted octanol–water partition coefficient (Wildman–Crippen LogP) is 2.20. The van der Waals surface area contributed by atoms with E-state index in [-0.39, 0.29) is 12.2 Å². The molecule has 0 aromatic carbocycles. The average molecular weight is 227 g/mol. The molecule has 92 valence electrons. The second-order valence-electron chi connectivity index (χ2n) is 4.96. The molecule has 0 aromatic rings. The topological polar surface area (TPSA) is 38.8 Å². The molecule has 1 rings (SSSR count). The Morgan fingerprint density at radius 1 is 1.56 bits per heavy atom. The van der Waals surface area contributed by atoms with Gasteiger partial charge in [0.05, 0.1) is 19.3 Å². The molecule has 0 unspecified atom stereocenters. The van der Waals surface area contributed by atoms with Crippen molar-refractivity contribution in [3.05, 3.63) is 12.7 Å². The largest absolute Gasteiger partial charge is 0.444 e. The monoisotopic (exact) mass is 227 g/mol. The van der Waals surface area contributed by atoms with Gasteiger partial charge in [0.2, 0.25) is 0 Å². The molecule has 4 heteroatoms. The van der Waals surface area contributed by atoms with Gasteiger partial charge in [-0.3, -0.25) is 0 Å². The van der Waals surface area contributed by atoms with Crippen molar-refractivity contribution in [2.24, 2.45) is 0 Å². The molecular formula is C12H21NO3. The molecule has 1 amide bonds. The second kappa shape index (κ2) is 5.34. The maximum atomic E-state index is 11.7. The lowest BCUT2D eigenvalue weighted by atomic mass is 10.2. The van der Waals surface area contributed by atoms with Gasteiger partial charge in [-0.05, 0) is 27.2 Å². The zero-order valence-corrected chi connectivity index (χ0v) is 10.4. The molecule has 4 nitrogen and oxygen atoms in total. The van der Waals surface area contributed by atoms with Crippen molar-refractivity contribution in [2.75, 3.05) is 19.7 Å². The zero-order chi connectivity index (χ0) is 12.2. The molecule has 0 bridgehead atoms. The van der Waals surface area contributed by atoms with Crippen molar-refractivity contribution in [1.29, 1.82) is 0 Å². The van der Waals surface area contributed by atoms with Crippen LogP contribution in [0.4, 0.5) is 4.79 Å². The number of carbonyl (C=O) groups excluding carboxylic acids is 1. The van der Waals surface area contributed by atoms with Crippen LogP contribution in [-0.4, -0.2) is 42.4 Å². The van der Waals surface area contributed by atoms with Gasteiger partial charge < -0.3 is 14.4 Å². The summed E-state index contributed by atoms with van der Waals surface area (Å²) in [6, 6.07) is 0. The van der Waals surface area contributed by atoms with Crippen molar-refractivity contribution < 1.29 is 14.3 Å². The number of hydrogen-bond acceptors (Lipinski definition) is 3. The summed E-state index contributed by atoms with van der Waals surface area (Å²) in [6.45, 7) is 11.1.